The summed E-state index contributed by atoms with van der Waals surface area (Å²) < 4.78 is 14.6. The molecular formula is C52H32N4O2. The Morgan fingerprint density at radius 3 is 1.53 bits per heavy atom. The van der Waals surface area contributed by atoms with Crippen LogP contribution in [0, 0.1) is 0 Å². The monoisotopic (exact) mass is 744 g/mol. The molecule has 0 aliphatic rings. The number of hydrogen-bond donors (Lipinski definition) is 0. The Labute approximate surface area is 332 Å². The number of para-hydroxylation sites is 4. The zero-order chi connectivity index (χ0) is 38.2. The number of anilines is 3. The topological polar surface area (TPSA) is 60.2 Å². The maximum absolute atomic E-state index is 6.14. The van der Waals surface area contributed by atoms with E-state index in [2.05, 4.69) is 155 Å². The number of fused-ring (bicyclic) bond motifs is 9. The molecule has 58 heavy (non-hydrogen) atoms. The molecule has 0 saturated heterocycles. The van der Waals surface area contributed by atoms with E-state index in [1.165, 1.54) is 5.39 Å². The average Bonchev–Trinajstić information content (AvgIpc) is 3.96. The molecule has 0 saturated carbocycles. The minimum atomic E-state index is 0.774. The van der Waals surface area contributed by atoms with Gasteiger partial charge in [-0.05, 0) is 78.9 Å². The van der Waals surface area contributed by atoms with Crippen molar-refractivity contribution in [3.05, 3.63) is 194 Å². The minimum absolute atomic E-state index is 0.774. The predicted octanol–water partition coefficient (Wildman–Crippen LogP) is 14.2. The van der Waals surface area contributed by atoms with E-state index in [0.29, 0.717) is 0 Å². The van der Waals surface area contributed by atoms with Crippen molar-refractivity contribution in [2.24, 2.45) is 0 Å². The highest BCUT2D eigenvalue weighted by molar-refractivity contribution is 6.17. The maximum Gasteiger partial charge on any atom is 0.153 e. The van der Waals surface area contributed by atoms with Crippen LogP contribution in [-0.4, -0.2) is 14.5 Å². The number of nitrogens with zero attached hydrogens (tertiary/aromatic N) is 4. The van der Waals surface area contributed by atoms with E-state index in [4.69, 9.17) is 18.8 Å². The molecule has 0 aliphatic heterocycles. The van der Waals surface area contributed by atoms with Crippen LogP contribution in [-0.2, 0) is 0 Å². The van der Waals surface area contributed by atoms with E-state index < -0.39 is 0 Å². The number of hydrogen-bond acceptors (Lipinski definition) is 5. The van der Waals surface area contributed by atoms with Crippen molar-refractivity contribution in [2.45, 2.75) is 0 Å². The lowest BCUT2D eigenvalue weighted by Crippen LogP contribution is -2.11. The second-order valence-corrected chi connectivity index (χ2v) is 14.6. The third-order valence-electron chi connectivity index (χ3n) is 11.3. The Bertz CT molecular complexity index is 3380. The van der Waals surface area contributed by atoms with Crippen molar-refractivity contribution in [1.29, 1.82) is 0 Å². The van der Waals surface area contributed by atoms with Gasteiger partial charge in [0.05, 0.1) is 40.5 Å². The Balaban J connectivity index is 1.08. The van der Waals surface area contributed by atoms with E-state index in [9.17, 15) is 0 Å². The van der Waals surface area contributed by atoms with E-state index in [1.54, 1.807) is 0 Å². The van der Waals surface area contributed by atoms with Gasteiger partial charge in [-0.2, -0.15) is 0 Å². The molecule has 0 aliphatic carbocycles. The summed E-state index contributed by atoms with van der Waals surface area (Å²) in [4.78, 5) is 12.2. The molecular weight excluding hydrogens is 713 g/mol. The van der Waals surface area contributed by atoms with Gasteiger partial charge in [-0.15, -0.1) is 0 Å². The predicted molar refractivity (Wildman–Crippen MR) is 236 cm³/mol. The van der Waals surface area contributed by atoms with Gasteiger partial charge in [0.15, 0.2) is 11.2 Å². The number of pyridine rings is 2. The molecule has 0 unspecified atom stereocenters. The molecule has 0 radical (unpaired) electrons. The van der Waals surface area contributed by atoms with Gasteiger partial charge in [-0.3, -0.25) is 9.97 Å². The lowest BCUT2D eigenvalue weighted by molar-refractivity contribution is 0.666. The summed E-state index contributed by atoms with van der Waals surface area (Å²) >= 11 is 0. The van der Waals surface area contributed by atoms with Crippen LogP contribution in [0.4, 0.5) is 17.1 Å². The van der Waals surface area contributed by atoms with E-state index in [0.717, 1.165) is 106 Å². The molecule has 7 aromatic carbocycles. The highest BCUT2D eigenvalue weighted by Gasteiger charge is 2.22. The molecule has 0 amide bonds. The van der Waals surface area contributed by atoms with Crippen molar-refractivity contribution < 1.29 is 8.83 Å². The summed E-state index contributed by atoms with van der Waals surface area (Å²) in [6.45, 7) is 0. The SMILES string of the molecule is c1ccc(-n2c3ccccc3c3c(N(c4cccc(-c5cc6c(cn5)oc5ccccc56)c4)c4cccc(-c5cc6c(cn5)oc5ccccc56)c4)cccc32)cc1. The van der Waals surface area contributed by atoms with Crippen molar-refractivity contribution in [3.8, 4) is 28.2 Å². The van der Waals surface area contributed by atoms with Crippen LogP contribution in [0.25, 0.3) is 93.9 Å². The number of benzene rings is 7. The molecule has 12 rings (SSSR count). The third-order valence-corrected chi connectivity index (χ3v) is 11.3. The first-order valence-corrected chi connectivity index (χ1v) is 19.4. The second kappa shape index (κ2) is 12.8. The number of rotatable bonds is 6. The Morgan fingerprint density at radius 1 is 0.397 bits per heavy atom. The van der Waals surface area contributed by atoms with Gasteiger partial charge in [-0.25, -0.2) is 0 Å². The van der Waals surface area contributed by atoms with Gasteiger partial charge in [-0.1, -0.05) is 103 Å². The minimum Gasteiger partial charge on any atom is -0.454 e. The van der Waals surface area contributed by atoms with E-state index in [1.807, 2.05) is 48.8 Å². The van der Waals surface area contributed by atoms with Gasteiger partial charge in [0.25, 0.3) is 0 Å². The van der Waals surface area contributed by atoms with Gasteiger partial charge in [0.2, 0.25) is 0 Å². The first-order valence-electron chi connectivity index (χ1n) is 19.4. The highest BCUT2D eigenvalue weighted by Crippen LogP contribution is 2.45. The first kappa shape index (κ1) is 32.3. The standard InChI is InChI=1S/C52H32N4O2/c1-2-15-35(16-3-1)56-45-22-7-4-21-40(45)52-46(23-12-24-47(52)56)55(36-17-10-13-33(27-36)43-29-41-38-19-5-8-25-48(38)57-50(41)31-53-43)37-18-11-14-34(28-37)44-30-42-39-20-6-9-26-49(39)58-51(42)32-54-44/h1-32H. The lowest BCUT2D eigenvalue weighted by Gasteiger charge is -2.27. The summed E-state index contributed by atoms with van der Waals surface area (Å²) in [5.74, 6) is 0. The largest absolute Gasteiger partial charge is 0.454 e. The summed E-state index contributed by atoms with van der Waals surface area (Å²) in [6, 6.07) is 63.8. The molecule has 0 bridgehead atoms. The smallest absolute Gasteiger partial charge is 0.153 e. The summed E-state index contributed by atoms with van der Waals surface area (Å²) in [5.41, 5.74) is 13.5. The Morgan fingerprint density at radius 2 is 0.914 bits per heavy atom. The Kier molecular flexibility index (Phi) is 7.13. The van der Waals surface area contributed by atoms with Crippen LogP contribution in [0.5, 0.6) is 0 Å². The molecule has 6 nitrogen and oxygen atoms in total. The summed E-state index contributed by atoms with van der Waals surface area (Å²) in [6.07, 6.45) is 3.68. The fourth-order valence-electron chi connectivity index (χ4n) is 8.66. The second-order valence-electron chi connectivity index (χ2n) is 14.6. The van der Waals surface area contributed by atoms with Crippen molar-refractivity contribution in [2.75, 3.05) is 4.90 Å². The van der Waals surface area contributed by atoms with Crippen molar-refractivity contribution in [3.63, 3.8) is 0 Å². The zero-order valence-corrected chi connectivity index (χ0v) is 31.1. The lowest BCUT2D eigenvalue weighted by atomic mass is 10.0. The summed E-state index contributed by atoms with van der Waals surface area (Å²) in [5, 5.41) is 6.58. The maximum atomic E-state index is 6.14. The fourth-order valence-corrected chi connectivity index (χ4v) is 8.66. The Hall–Kier alpha value is -7.96. The van der Waals surface area contributed by atoms with E-state index in [-0.39, 0.29) is 0 Å². The highest BCUT2D eigenvalue weighted by atomic mass is 16.3. The van der Waals surface area contributed by atoms with Crippen LogP contribution in [0.2, 0.25) is 0 Å². The number of aromatic nitrogens is 3. The molecule has 12 aromatic rings. The van der Waals surface area contributed by atoms with Gasteiger partial charge >= 0.3 is 0 Å². The molecule has 0 fully saturated rings. The van der Waals surface area contributed by atoms with Gasteiger partial charge in [0, 0.05) is 60.5 Å². The number of furan rings is 2. The van der Waals surface area contributed by atoms with Crippen LogP contribution in [0.15, 0.2) is 203 Å². The quantitative estimate of drug-likeness (QED) is 0.170. The van der Waals surface area contributed by atoms with Crippen LogP contribution in [0.1, 0.15) is 0 Å². The molecule has 5 heterocycles. The molecule has 0 spiro atoms. The van der Waals surface area contributed by atoms with Gasteiger partial charge in [0.1, 0.15) is 11.2 Å². The molecule has 5 aromatic heterocycles. The normalized spacial score (nSPS) is 11.8. The molecule has 0 atom stereocenters. The van der Waals surface area contributed by atoms with Crippen molar-refractivity contribution in [1.82, 2.24) is 14.5 Å². The average molecular weight is 745 g/mol. The van der Waals surface area contributed by atoms with E-state index >= 15 is 0 Å². The zero-order valence-electron chi connectivity index (χ0n) is 31.1. The van der Waals surface area contributed by atoms with Crippen LogP contribution >= 0.6 is 0 Å². The van der Waals surface area contributed by atoms with Crippen LogP contribution in [0.3, 0.4) is 0 Å². The van der Waals surface area contributed by atoms with Gasteiger partial charge < -0.3 is 18.3 Å². The summed E-state index contributed by atoms with van der Waals surface area (Å²) in [7, 11) is 0. The first-order chi connectivity index (χ1) is 28.7. The third kappa shape index (κ3) is 5.05. The molecule has 272 valence electrons. The van der Waals surface area contributed by atoms with Crippen LogP contribution < -0.4 is 4.90 Å². The fraction of sp³-hybridized carbons (Fsp3) is 0. The molecule has 0 N–H and O–H groups in total. The molecule has 6 heteroatoms. The van der Waals surface area contributed by atoms with Crippen molar-refractivity contribution >= 4 is 82.7 Å².